The van der Waals surface area contributed by atoms with Gasteiger partial charge in [0.25, 0.3) is 10.0 Å². The summed E-state index contributed by atoms with van der Waals surface area (Å²) in [5.41, 5.74) is -1.03. The number of nitrogens with one attached hydrogen (secondary N) is 1. The molecular formula is C25H27F5N6O2S. The molecule has 0 amide bonds. The lowest BCUT2D eigenvalue weighted by Crippen LogP contribution is -2.56. The second-order valence-corrected chi connectivity index (χ2v) is 11.2. The average Bonchev–Trinajstić information content (AvgIpc) is 2.87. The predicted octanol–water partition coefficient (Wildman–Crippen LogP) is 4.50. The zero-order valence-corrected chi connectivity index (χ0v) is 22.0. The van der Waals surface area contributed by atoms with E-state index in [1.165, 1.54) is 18.3 Å². The molecule has 0 saturated carbocycles. The summed E-state index contributed by atoms with van der Waals surface area (Å²) in [5.74, 6) is -2.67. The molecule has 1 aliphatic rings. The Bertz CT molecular complexity index is 1400. The molecule has 39 heavy (non-hydrogen) atoms. The van der Waals surface area contributed by atoms with Gasteiger partial charge in [-0.25, -0.2) is 32.2 Å². The summed E-state index contributed by atoms with van der Waals surface area (Å²) in [6, 6.07) is 6.96. The van der Waals surface area contributed by atoms with Crippen LogP contribution in [0.25, 0.3) is 0 Å². The molecule has 0 radical (unpaired) electrons. The van der Waals surface area contributed by atoms with E-state index < -0.39 is 44.0 Å². The summed E-state index contributed by atoms with van der Waals surface area (Å²) in [5, 5.41) is 0. The first-order chi connectivity index (χ1) is 18.3. The van der Waals surface area contributed by atoms with Gasteiger partial charge in [0.05, 0.1) is 0 Å². The number of sulfonamides is 1. The van der Waals surface area contributed by atoms with Gasteiger partial charge in [-0.2, -0.15) is 13.2 Å². The first kappa shape index (κ1) is 28.6. The van der Waals surface area contributed by atoms with Crippen molar-refractivity contribution in [3.63, 3.8) is 0 Å². The number of rotatable bonds is 8. The number of anilines is 2. The Labute approximate surface area is 223 Å². The molecule has 1 saturated heterocycles. The molecule has 3 aromatic rings. The third kappa shape index (κ3) is 6.44. The molecular weight excluding hydrogens is 543 g/mol. The molecule has 0 unspecified atom stereocenters. The second-order valence-electron chi connectivity index (χ2n) is 9.59. The third-order valence-corrected chi connectivity index (χ3v) is 8.29. The van der Waals surface area contributed by atoms with Crippen molar-refractivity contribution in [1.29, 1.82) is 0 Å². The fourth-order valence-electron chi connectivity index (χ4n) is 4.79. The molecule has 2 aromatic heterocycles. The largest absolute Gasteiger partial charge is 0.433 e. The number of benzene rings is 1. The van der Waals surface area contributed by atoms with E-state index in [2.05, 4.69) is 15.0 Å². The average molecular weight is 571 g/mol. The van der Waals surface area contributed by atoms with Crippen LogP contribution in [0.3, 0.4) is 0 Å². The number of hydrogen-bond donors (Lipinski definition) is 1. The summed E-state index contributed by atoms with van der Waals surface area (Å²) in [6.07, 6.45) is -0.117. The van der Waals surface area contributed by atoms with E-state index in [1.807, 2.05) is 23.7 Å². The lowest BCUT2D eigenvalue weighted by Gasteiger charge is -2.48. The predicted molar refractivity (Wildman–Crippen MR) is 135 cm³/mol. The van der Waals surface area contributed by atoms with Crippen LogP contribution in [0.1, 0.15) is 30.7 Å². The Morgan fingerprint density at radius 3 is 2.46 bits per heavy atom. The van der Waals surface area contributed by atoms with Gasteiger partial charge >= 0.3 is 6.18 Å². The molecule has 1 aliphatic heterocycles. The number of pyridine rings is 1. The Morgan fingerprint density at radius 1 is 1.13 bits per heavy atom. The molecule has 1 aromatic carbocycles. The Kier molecular flexibility index (Phi) is 8.07. The van der Waals surface area contributed by atoms with Gasteiger partial charge < -0.3 is 9.80 Å². The fourth-order valence-corrected chi connectivity index (χ4v) is 5.92. The van der Waals surface area contributed by atoms with Gasteiger partial charge in [-0.15, -0.1) is 0 Å². The van der Waals surface area contributed by atoms with Gasteiger partial charge in [0.15, 0.2) is 4.90 Å². The summed E-state index contributed by atoms with van der Waals surface area (Å²) in [7, 11) is -0.924. The van der Waals surface area contributed by atoms with E-state index in [4.69, 9.17) is 0 Å². The minimum atomic E-state index is -4.62. The highest BCUT2D eigenvalue weighted by molar-refractivity contribution is 7.92. The number of alkyl halides is 3. The molecule has 4 rings (SSSR count). The third-order valence-electron chi connectivity index (χ3n) is 6.89. The van der Waals surface area contributed by atoms with E-state index in [1.54, 1.807) is 11.0 Å². The van der Waals surface area contributed by atoms with Crippen molar-refractivity contribution in [3.8, 4) is 0 Å². The number of likely N-dealkylation sites (N-methyl/N-ethyl adjacent to an activating group) is 1. The molecule has 14 heteroatoms. The highest BCUT2D eigenvalue weighted by Gasteiger charge is 2.39. The highest BCUT2D eigenvalue weighted by atomic mass is 32.2. The SMILES string of the molecule is CN(C)[C@]1(CCc2cccc(C(F)(F)F)n2)CCCN(c2cc(F)c(S(=O)(=O)Nc3ccncn3)c(F)c2)C1. The van der Waals surface area contributed by atoms with Crippen molar-refractivity contribution < 1.29 is 30.4 Å². The van der Waals surface area contributed by atoms with Crippen LogP contribution in [-0.4, -0.2) is 61.0 Å². The minimum absolute atomic E-state index is 0.144. The monoisotopic (exact) mass is 570 g/mol. The van der Waals surface area contributed by atoms with E-state index in [0.29, 0.717) is 38.0 Å². The van der Waals surface area contributed by atoms with Crippen molar-refractivity contribution in [2.75, 3.05) is 36.8 Å². The quantitative estimate of drug-likeness (QED) is 0.399. The van der Waals surface area contributed by atoms with Crippen LogP contribution < -0.4 is 9.62 Å². The zero-order valence-electron chi connectivity index (χ0n) is 21.2. The van der Waals surface area contributed by atoms with Gasteiger partial charge in [-0.1, -0.05) is 6.07 Å². The van der Waals surface area contributed by atoms with Crippen LogP contribution >= 0.6 is 0 Å². The van der Waals surface area contributed by atoms with Crippen molar-refractivity contribution in [2.45, 2.75) is 42.3 Å². The molecule has 210 valence electrons. The summed E-state index contributed by atoms with van der Waals surface area (Å²) < 4.78 is 96.9. The lowest BCUT2D eigenvalue weighted by molar-refractivity contribution is -0.141. The van der Waals surface area contributed by atoms with E-state index >= 15 is 8.78 Å². The minimum Gasteiger partial charge on any atom is -0.370 e. The van der Waals surface area contributed by atoms with E-state index in [0.717, 1.165) is 24.5 Å². The van der Waals surface area contributed by atoms with Gasteiger partial charge in [-0.05, 0) is 70.1 Å². The number of aromatic nitrogens is 3. The first-order valence-electron chi connectivity index (χ1n) is 12.0. The topological polar surface area (TPSA) is 91.3 Å². The number of hydrogen-bond acceptors (Lipinski definition) is 7. The van der Waals surface area contributed by atoms with Crippen LogP contribution in [-0.2, 0) is 22.6 Å². The second kappa shape index (κ2) is 11.0. The number of nitrogens with zero attached hydrogens (tertiary/aromatic N) is 5. The number of piperidine rings is 1. The molecule has 1 fully saturated rings. The molecule has 1 N–H and O–H groups in total. The molecule has 3 heterocycles. The van der Waals surface area contributed by atoms with E-state index in [-0.39, 0.29) is 17.9 Å². The maximum Gasteiger partial charge on any atom is 0.433 e. The van der Waals surface area contributed by atoms with Crippen LogP contribution in [0.2, 0.25) is 0 Å². The van der Waals surface area contributed by atoms with Gasteiger partial charge in [0.2, 0.25) is 0 Å². The van der Waals surface area contributed by atoms with Crippen molar-refractivity contribution in [1.82, 2.24) is 19.9 Å². The number of aryl methyl sites for hydroxylation is 1. The summed E-state index contributed by atoms with van der Waals surface area (Å²) in [6.45, 7) is 0.782. The smallest absolute Gasteiger partial charge is 0.370 e. The van der Waals surface area contributed by atoms with E-state index in [9.17, 15) is 21.6 Å². The van der Waals surface area contributed by atoms with Gasteiger partial charge in [-0.3, -0.25) is 4.72 Å². The first-order valence-corrected chi connectivity index (χ1v) is 13.5. The summed E-state index contributed by atoms with van der Waals surface area (Å²) in [4.78, 5) is 13.7. The lowest BCUT2D eigenvalue weighted by atomic mass is 9.82. The molecule has 8 nitrogen and oxygen atoms in total. The van der Waals surface area contributed by atoms with Crippen LogP contribution in [0.15, 0.2) is 53.8 Å². The standard InChI is InChI=1S/C25H27F5N6O2S/c1-35(2)24(10-7-17-5-3-6-21(33-17)25(28,29)30)9-4-12-36(15-24)18-13-19(26)23(20(27)14-18)39(37,38)34-22-8-11-31-16-32-22/h3,5-6,8,11,13-14,16H,4,7,9-10,12,15H2,1-2H3,(H,31,32,34)/t24-/m0/s1. The molecule has 0 spiro atoms. The van der Waals surface area contributed by atoms with Crippen molar-refractivity contribution in [3.05, 3.63) is 71.9 Å². The number of halogens is 5. The van der Waals surface area contributed by atoms with Crippen LogP contribution in [0.4, 0.5) is 33.5 Å². The molecule has 1 atom stereocenters. The van der Waals surface area contributed by atoms with Crippen molar-refractivity contribution in [2.24, 2.45) is 0 Å². The van der Waals surface area contributed by atoms with Gasteiger partial charge in [0, 0.05) is 36.2 Å². The highest BCUT2D eigenvalue weighted by Crippen LogP contribution is 2.35. The maximum absolute atomic E-state index is 15.1. The molecule has 0 bridgehead atoms. The molecule has 0 aliphatic carbocycles. The zero-order chi connectivity index (χ0) is 28.4. The Balaban J connectivity index is 1.56. The maximum atomic E-state index is 15.1. The van der Waals surface area contributed by atoms with Gasteiger partial charge in [0.1, 0.15) is 29.5 Å². The van der Waals surface area contributed by atoms with Crippen molar-refractivity contribution >= 4 is 21.5 Å². The summed E-state index contributed by atoms with van der Waals surface area (Å²) >= 11 is 0. The Hall–Kier alpha value is -3.39. The normalized spacial score (nSPS) is 18.4. The van der Waals surface area contributed by atoms with Crippen LogP contribution in [0, 0.1) is 11.6 Å². The van der Waals surface area contributed by atoms with Crippen LogP contribution in [0.5, 0.6) is 0 Å². The Morgan fingerprint density at radius 2 is 1.85 bits per heavy atom. The fraction of sp³-hybridized carbons (Fsp3) is 0.400.